The van der Waals surface area contributed by atoms with E-state index in [0.29, 0.717) is 13.2 Å². The van der Waals surface area contributed by atoms with Gasteiger partial charge in [-0.15, -0.1) is 0 Å². The van der Waals surface area contributed by atoms with Crippen molar-refractivity contribution in [2.75, 3.05) is 20.3 Å². The van der Waals surface area contributed by atoms with Crippen LogP contribution in [0.1, 0.15) is 17.2 Å². The summed E-state index contributed by atoms with van der Waals surface area (Å²) >= 11 is 0. The number of rotatable bonds is 3. The van der Waals surface area contributed by atoms with E-state index in [4.69, 9.17) is 9.47 Å². The van der Waals surface area contributed by atoms with Gasteiger partial charge in [0.2, 0.25) is 0 Å². The molecule has 0 bridgehead atoms. The fourth-order valence-electron chi connectivity index (χ4n) is 2.41. The smallest absolute Gasteiger partial charge is 0.166 e. The highest BCUT2D eigenvalue weighted by Crippen LogP contribution is 2.38. The number of aryl methyl sites for hydroxylation is 1. The number of aromatic nitrogens is 2. The average Bonchev–Trinajstić information content (AvgIpc) is 2.86. The second kappa shape index (κ2) is 4.93. The van der Waals surface area contributed by atoms with E-state index in [1.807, 2.05) is 38.6 Å². The third kappa shape index (κ3) is 2.17. The molecule has 100 valence electrons. The summed E-state index contributed by atoms with van der Waals surface area (Å²) in [6.45, 7) is 1.20. The number of ether oxygens (including phenoxy) is 2. The number of nitrogens with one attached hydrogen (secondary N) is 1. The van der Waals surface area contributed by atoms with Gasteiger partial charge in [-0.25, -0.2) is 0 Å². The number of fused-ring (bicyclic) bond motifs is 1. The highest BCUT2D eigenvalue weighted by molar-refractivity contribution is 5.51. The van der Waals surface area contributed by atoms with Crippen molar-refractivity contribution in [1.82, 2.24) is 15.1 Å². The summed E-state index contributed by atoms with van der Waals surface area (Å²) in [5.74, 6) is 1.64. The summed E-state index contributed by atoms with van der Waals surface area (Å²) in [4.78, 5) is 0. The molecule has 1 aromatic heterocycles. The van der Waals surface area contributed by atoms with Crippen LogP contribution in [0.25, 0.3) is 0 Å². The summed E-state index contributed by atoms with van der Waals surface area (Å²) in [6.07, 6.45) is 3.87. The lowest BCUT2D eigenvalue weighted by atomic mass is 10.00. The third-order valence-electron chi connectivity index (χ3n) is 3.25. The molecule has 0 saturated carbocycles. The number of hydrogen-bond donors (Lipinski definition) is 1. The Morgan fingerprint density at radius 1 is 1.32 bits per heavy atom. The molecule has 2 aromatic rings. The van der Waals surface area contributed by atoms with Crippen LogP contribution in [0, 0.1) is 0 Å². The minimum Gasteiger partial charge on any atom is -0.486 e. The molecule has 1 aromatic carbocycles. The van der Waals surface area contributed by atoms with Crippen LogP contribution in [-0.2, 0) is 7.05 Å². The molecule has 0 spiro atoms. The molecule has 0 fully saturated rings. The lowest BCUT2D eigenvalue weighted by molar-refractivity contribution is 0.169. The molecule has 5 heteroatoms. The van der Waals surface area contributed by atoms with E-state index >= 15 is 0 Å². The maximum Gasteiger partial charge on any atom is 0.166 e. The summed E-state index contributed by atoms with van der Waals surface area (Å²) in [5.41, 5.74) is 2.18. The second-order valence-corrected chi connectivity index (χ2v) is 4.54. The lowest BCUT2D eigenvalue weighted by Crippen LogP contribution is -2.22. The Bertz CT molecular complexity index is 580. The van der Waals surface area contributed by atoms with Gasteiger partial charge in [0.15, 0.2) is 11.5 Å². The zero-order valence-electron chi connectivity index (χ0n) is 11.1. The van der Waals surface area contributed by atoms with E-state index in [1.165, 1.54) is 0 Å². The van der Waals surface area contributed by atoms with Gasteiger partial charge in [-0.3, -0.25) is 4.68 Å². The van der Waals surface area contributed by atoms with Gasteiger partial charge in [-0.2, -0.15) is 5.10 Å². The van der Waals surface area contributed by atoms with E-state index in [1.54, 1.807) is 4.68 Å². The Morgan fingerprint density at radius 2 is 2.16 bits per heavy atom. The van der Waals surface area contributed by atoms with Crippen LogP contribution >= 0.6 is 0 Å². The van der Waals surface area contributed by atoms with Crippen molar-refractivity contribution < 1.29 is 9.47 Å². The van der Waals surface area contributed by atoms with Crippen LogP contribution < -0.4 is 14.8 Å². The van der Waals surface area contributed by atoms with Gasteiger partial charge in [-0.1, -0.05) is 12.1 Å². The zero-order valence-corrected chi connectivity index (χ0v) is 11.1. The number of benzene rings is 1. The summed E-state index contributed by atoms with van der Waals surface area (Å²) in [5, 5.41) is 7.54. The predicted octanol–water partition coefficient (Wildman–Crippen LogP) is 1.50. The molecule has 1 N–H and O–H groups in total. The van der Waals surface area contributed by atoms with E-state index in [2.05, 4.69) is 16.5 Å². The Kier molecular flexibility index (Phi) is 3.13. The molecule has 1 atom stereocenters. The van der Waals surface area contributed by atoms with Crippen molar-refractivity contribution in [2.45, 2.75) is 6.04 Å². The lowest BCUT2D eigenvalue weighted by Gasteiger charge is -2.24. The number of nitrogens with zero attached hydrogens (tertiary/aromatic N) is 2. The first-order valence-corrected chi connectivity index (χ1v) is 6.34. The average molecular weight is 259 g/mol. The van der Waals surface area contributed by atoms with Crippen LogP contribution in [-0.4, -0.2) is 30.0 Å². The van der Waals surface area contributed by atoms with Crippen molar-refractivity contribution in [1.29, 1.82) is 0 Å². The van der Waals surface area contributed by atoms with E-state index in [9.17, 15) is 0 Å². The predicted molar refractivity (Wildman–Crippen MR) is 71.5 cm³/mol. The fourth-order valence-corrected chi connectivity index (χ4v) is 2.41. The maximum absolute atomic E-state index is 5.77. The van der Waals surface area contributed by atoms with E-state index < -0.39 is 0 Å². The van der Waals surface area contributed by atoms with Gasteiger partial charge in [0.25, 0.3) is 0 Å². The van der Waals surface area contributed by atoms with Crippen molar-refractivity contribution >= 4 is 0 Å². The van der Waals surface area contributed by atoms with Gasteiger partial charge >= 0.3 is 0 Å². The van der Waals surface area contributed by atoms with Crippen molar-refractivity contribution in [3.63, 3.8) is 0 Å². The zero-order chi connectivity index (χ0) is 13.2. The van der Waals surface area contributed by atoms with Gasteiger partial charge < -0.3 is 14.8 Å². The Balaban J connectivity index is 2.04. The molecular weight excluding hydrogens is 242 g/mol. The van der Waals surface area contributed by atoms with Crippen LogP contribution in [0.2, 0.25) is 0 Å². The molecular formula is C14H17N3O2. The third-order valence-corrected chi connectivity index (χ3v) is 3.25. The van der Waals surface area contributed by atoms with Gasteiger partial charge in [0, 0.05) is 24.4 Å². The standard InChI is InChI=1S/C14H17N3O2/c1-15-13(10-8-16-17(2)9-10)11-4-3-5-12-14(11)19-7-6-18-12/h3-5,8-9,13,15H,6-7H2,1-2H3. The molecule has 0 radical (unpaired) electrons. The molecule has 0 saturated heterocycles. The summed E-state index contributed by atoms with van der Waals surface area (Å²) < 4.78 is 13.2. The molecule has 1 aliphatic rings. The monoisotopic (exact) mass is 259 g/mol. The first-order valence-electron chi connectivity index (χ1n) is 6.34. The molecule has 0 aliphatic carbocycles. The first kappa shape index (κ1) is 12.0. The van der Waals surface area contributed by atoms with E-state index in [0.717, 1.165) is 22.6 Å². The quantitative estimate of drug-likeness (QED) is 0.907. The molecule has 3 rings (SSSR count). The highest BCUT2D eigenvalue weighted by atomic mass is 16.6. The van der Waals surface area contributed by atoms with E-state index in [-0.39, 0.29) is 6.04 Å². The molecule has 1 unspecified atom stereocenters. The molecule has 2 heterocycles. The molecule has 0 amide bonds. The van der Waals surface area contributed by atoms with Crippen LogP contribution in [0.3, 0.4) is 0 Å². The number of para-hydroxylation sites is 1. The van der Waals surface area contributed by atoms with Crippen molar-refractivity contribution in [3.8, 4) is 11.5 Å². The fraction of sp³-hybridized carbons (Fsp3) is 0.357. The maximum atomic E-state index is 5.77. The first-order chi connectivity index (χ1) is 9.29. The van der Waals surface area contributed by atoms with Crippen LogP contribution in [0.4, 0.5) is 0 Å². The summed E-state index contributed by atoms with van der Waals surface area (Å²) in [6, 6.07) is 6.03. The molecule has 5 nitrogen and oxygen atoms in total. The van der Waals surface area contributed by atoms with Gasteiger partial charge in [0.05, 0.1) is 12.2 Å². The van der Waals surface area contributed by atoms with Gasteiger partial charge in [0.1, 0.15) is 13.2 Å². The Morgan fingerprint density at radius 3 is 2.89 bits per heavy atom. The topological polar surface area (TPSA) is 48.3 Å². The normalized spacial score (nSPS) is 15.3. The van der Waals surface area contributed by atoms with Crippen LogP contribution in [0.15, 0.2) is 30.6 Å². The van der Waals surface area contributed by atoms with Crippen LogP contribution in [0.5, 0.6) is 11.5 Å². The number of hydrogen-bond acceptors (Lipinski definition) is 4. The highest BCUT2D eigenvalue weighted by Gasteiger charge is 2.23. The Hall–Kier alpha value is -2.01. The molecule has 1 aliphatic heterocycles. The minimum absolute atomic E-state index is 0.0466. The van der Waals surface area contributed by atoms with Crippen molar-refractivity contribution in [3.05, 3.63) is 41.7 Å². The van der Waals surface area contributed by atoms with Gasteiger partial charge in [-0.05, 0) is 13.1 Å². The minimum atomic E-state index is 0.0466. The summed E-state index contributed by atoms with van der Waals surface area (Å²) in [7, 11) is 3.84. The SMILES string of the molecule is CNC(c1cnn(C)c1)c1cccc2c1OCCO2. The molecule has 19 heavy (non-hydrogen) atoms. The Labute approximate surface area is 112 Å². The second-order valence-electron chi connectivity index (χ2n) is 4.54. The van der Waals surface area contributed by atoms with Crippen molar-refractivity contribution in [2.24, 2.45) is 7.05 Å². The largest absolute Gasteiger partial charge is 0.486 e.